The van der Waals surface area contributed by atoms with Crippen LogP contribution in [-0.2, 0) is 33.9 Å². The molecule has 3 aromatic rings. The molecule has 200 valence electrons. The first kappa shape index (κ1) is 27.5. The Bertz CT molecular complexity index is 1270. The zero-order valence-corrected chi connectivity index (χ0v) is 22.4. The van der Waals surface area contributed by atoms with Gasteiger partial charge in [0.15, 0.2) is 11.6 Å². The molecular weight excluding hydrogens is 531 g/mol. The van der Waals surface area contributed by atoms with Gasteiger partial charge >= 0.3 is 6.09 Å². The fourth-order valence-corrected chi connectivity index (χ4v) is 4.86. The van der Waals surface area contributed by atoms with Gasteiger partial charge in [0.1, 0.15) is 19.2 Å². The number of likely N-dealkylation sites (tertiary alicyclic amines) is 1. The van der Waals surface area contributed by atoms with Crippen LogP contribution < -0.4 is 5.32 Å². The number of hydrogen-bond acceptors (Lipinski definition) is 7. The Morgan fingerprint density at radius 3 is 2.55 bits per heavy atom. The summed E-state index contributed by atoms with van der Waals surface area (Å²) in [6.07, 6.45) is 1.21. The van der Waals surface area contributed by atoms with Gasteiger partial charge in [-0.1, -0.05) is 66.5 Å². The number of benzene rings is 2. The summed E-state index contributed by atoms with van der Waals surface area (Å²) in [4.78, 5) is 40.3. The van der Waals surface area contributed by atoms with Crippen LogP contribution in [-0.4, -0.2) is 61.5 Å². The van der Waals surface area contributed by atoms with Crippen molar-refractivity contribution >= 4 is 41.0 Å². The summed E-state index contributed by atoms with van der Waals surface area (Å²) in [5, 5.41) is 15.4. The van der Waals surface area contributed by atoms with Gasteiger partial charge in [-0.25, -0.2) is 9.48 Å². The summed E-state index contributed by atoms with van der Waals surface area (Å²) in [5.74, 6) is -0.243. The topological polar surface area (TPSA) is 119 Å². The molecule has 1 unspecified atom stereocenters. The molecule has 1 saturated heterocycles. The summed E-state index contributed by atoms with van der Waals surface area (Å²) >= 11 is 12.5. The molecule has 12 heteroatoms. The van der Waals surface area contributed by atoms with E-state index in [2.05, 4.69) is 20.8 Å². The normalized spacial score (nSPS) is 15.8. The molecule has 2 amide bonds. The van der Waals surface area contributed by atoms with Gasteiger partial charge in [0.25, 0.3) is 0 Å². The first-order chi connectivity index (χ1) is 18.4. The quantitative estimate of drug-likeness (QED) is 0.401. The van der Waals surface area contributed by atoms with Crippen molar-refractivity contribution in [3.05, 3.63) is 75.5 Å². The molecule has 0 spiro atoms. The van der Waals surface area contributed by atoms with Crippen molar-refractivity contribution in [2.45, 2.75) is 57.8 Å². The monoisotopic (exact) mass is 558 g/mol. The van der Waals surface area contributed by atoms with E-state index in [4.69, 9.17) is 27.9 Å². The third kappa shape index (κ3) is 6.68. The second-order valence-corrected chi connectivity index (χ2v) is 9.77. The van der Waals surface area contributed by atoms with Crippen molar-refractivity contribution in [2.75, 3.05) is 6.54 Å². The highest BCUT2D eigenvalue weighted by atomic mass is 35.5. The largest absolute Gasteiger partial charge is 0.445 e. The minimum atomic E-state index is -0.772. The lowest BCUT2D eigenvalue weighted by Gasteiger charge is -2.25. The Morgan fingerprint density at radius 1 is 1.11 bits per heavy atom. The maximum Gasteiger partial charge on any atom is 0.410 e. The summed E-state index contributed by atoms with van der Waals surface area (Å²) in [6.45, 7) is 2.19. The SMILES string of the molecule is CCC(NC(=O)[C@@H]1CCCN1C(=O)OCc1ccccc1)C(=O)Cn1nnnc1Cc1c(Cl)cccc1Cl. The van der Waals surface area contributed by atoms with Crippen LogP contribution in [0.3, 0.4) is 0 Å². The number of aromatic nitrogens is 4. The number of tetrazole rings is 1. The first-order valence-corrected chi connectivity index (χ1v) is 13.1. The second-order valence-electron chi connectivity index (χ2n) is 8.96. The van der Waals surface area contributed by atoms with Crippen LogP contribution >= 0.6 is 23.2 Å². The van der Waals surface area contributed by atoms with Crippen LogP contribution in [0, 0.1) is 0 Å². The minimum Gasteiger partial charge on any atom is -0.445 e. The van der Waals surface area contributed by atoms with Crippen molar-refractivity contribution in [1.82, 2.24) is 30.4 Å². The molecule has 0 aliphatic carbocycles. The maximum absolute atomic E-state index is 13.1. The molecule has 0 radical (unpaired) electrons. The molecule has 2 heterocycles. The number of hydrogen-bond donors (Lipinski definition) is 1. The summed E-state index contributed by atoms with van der Waals surface area (Å²) < 4.78 is 6.79. The van der Waals surface area contributed by atoms with Gasteiger partial charge in [-0.2, -0.15) is 0 Å². The van der Waals surface area contributed by atoms with E-state index >= 15 is 0 Å². The van der Waals surface area contributed by atoms with E-state index < -0.39 is 18.2 Å². The average Bonchev–Trinajstić information content (AvgIpc) is 3.58. The van der Waals surface area contributed by atoms with Gasteiger partial charge in [-0.3, -0.25) is 14.5 Å². The Labute approximate surface area is 230 Å². The Kier molecular flexibility index (Phi) is 9.30. The molecule has 1 aliphatic rings. The number of ketones is 1. The lowest BCUT2D eigenvalue weighted by molar-refractivity contribution is -0.130. The van der Waals surface area contributed by atoms with Crippen molar-refractivity contribution in [1.29, 1.82) is 0 Å². The highest BCUT2D eigenvalue weighted by molar-refractivity contribution is 6.36. The second kappa shape index (κ2) is 12.8. The number of nitrogens with one attached hydrogen (secondary N) is 1. The van der Waals surface area contributed by atoms with Crippen molar-refractivity contribution in [3.63, 3.8) is 0 Å². The van der Waals surface area contributed by atoms with Crippen LogP contribution in [0.15, 0.2) is 48.5 Å². The van der Waals surface area contributed by atoms with Gasteiger partial charge in [0.05, 0.1) is 6.04 Å². The van der Waals surface area contributed by atoms with E-state index in [9.17, 15) is 14.4 Å². The van der Waals surface area contributed by atoms with Crippen LogP contribution in [0.5, 0.6) is 0 Å². The standard InChI is InChI=1S/C26H28Cl2N6O4/c1-2-21(23(35)15-34-24(30-31-32-34)14-18-19(27)10-6-11-20(18)28)29-25(36)22-12-7-13-33(22)26(37)38-16-17-8-4-3-5-9-17/h3-6,8-11,21-22H,2,7,12-16H2,1H3,(H,29,36)/t21?,22-/m0/s1. The van der Waals surface area contributed by atoms with E-state index in [1.54, 1.807) is 25.1 Å². The van der Waals surface area contributed by atoms with E-state index in [0.717, 1.165) is 5.56 Å². The molecule has 2 atom stereocenters. The highest BCUT2D eigenvalue weighted by Crippen LogP contribution is 2.26. The molecule has 38 heavy (non-hydrogen) atoms. The summed E-state index contributed by atoms with van der Waals surface area (Å²) in [5.41, 5.74) is 1.51. The van der Waals surface area contributed by atoms with Gasteiger partial charge < -0.3 is 10.1 Å². The van der Waals surface area contributed by atoms with E-state index in [-0.39, 0.29) is 31.3 Å². The lowest BCUT2D eigenvalue weighted by Crippen LogP contribution is -2.51. The molecule has 1 N–H and O–H groups in total. The smallest absolute Gasteiger partial charge is 0.410 e. The lowest BCUT2D eigenvalue weighted by atomic mass is 10.1. The average molecular weight is 559 g/mol. The van der Waals surface area contributed by atoms with E-state index in [1.807, 2.05) is 30.3 Å². The Hall–Kier alpha value is -3.50. The number of amides is 2. The third-order valence-corrected chi connectivity index (χ3v) is 7.12. The Morgan fingerprint density at radius 2 is 1.84 bits per heavy atom. The minimum absolute atomic E-state index is 0.119. The molecule has 1 aromatic heterocycles. The predicted molar refractivity (Wildman–Crippen MR) is 141 cm³/mol. The fraction of sp³-hybridized carbons (Fsp3) is 0.385. The Balaban J connectivity index is 1.36. The van der Waals surface area contributed by atoms with Crippen LogP contribution in [0.25, 0.3) is 0 Å². The van der Waals surface area contributed by atoms with E-state index in [1.165, 1.54) is 9.58 Å². The van der Waals surface area contributed by atoms with Crippen LogP contribution in [0.2, 0.25) is 10.0 Å². The van der Waals surface area contributed by atoms with Gasteiger partial charge in [-0.15, -0.1) is 5.10 Å². The number of nitrogens with zero attached hydrogens (tertiary/aromatic N) is 5. The maximum atomic E-state index is 13.1. The number of halogens is 2. The molecule has 4 rings (SSSR count). The number of Topliss-reactive ketones (excluding diaryl/α,β-unsaturated/α-hetero) is 1. The molecule has 10 nitrogen and oxygen atoms in total. The number of ether oxygens (including phenoxy) is 1. The molecule has 1 aliphatic heterocycles. The molecular formula is C26H28Cl2N6O4. The highest BCUT2D eigenvalue weighted by Gasteiger charge is 2.36. The summed E-state index contributed by atoms with van der Waals surface area (Å²) in [6, 6.07) is 13.0. The number of carbonyl (C=O) groups excluding carboxylic acids is 3. The number of rotatable bonds is 10. The van der Waals surface area contributed by atoms with Crippen molar-refractivity contribution in [2.24, 2.45) is 0 Å². The van der Waals surface area contributed by atoms with E-state index in [0.29, 0.717) is 47.2 Å². The van der Waals surface area contributed by atoms with Crippen molar-refractivity contribution < 1.29 is 19.1 Å². The molecule has 0 bridgehead atoms. The zero-order chi connectivity index (χ0) is 27.1. The molecule has 1 fully saturated rings. The van der Waals surface area contributed by atoms with Crippen LogP contribution in [0.4, 0.5) is 4.79 Å². The molecule has 2 aromatic carbocycles. The fourth-order valence-electron chi connectivity index (χ4n) is 4.33. The van der Waals surface area contributed by atoms with Crippen molar-refractivity contribution in [3.8, 4) is 0 Å². The third-order valence-electron chi connectivity index (χ3n) is 6.42. The zero-order valence-electron chi connectivity index (χ0n) is 20.8. The van der Waals surface area contributed by atoms with Gasteiger partial charge in [-0.05, 0) is 52.9 Å². The first-order valence-electron chi connectivity index (χ1n) is 12.4. The van der Waals surface area contributed by atoms with Crippen LogP contribution in [0.1, 0.15) is 43.1 Å². The summed E-state index contributed by atoms with van der Waals surface area (Å²) in [7, 11) is 0. The van der Waals surface area contributed by atoms with Gasteiger partial charge in [0.2, 0.25) is 5.91 Å². The predicted octanol–water partition coefficient (Wildman–Crippen LogP) is 3.84. The van der Waals surface area contributed by atoms with Gasteiger partial charge in [0, 0.05) is 23.0 Å². The molecule has 0 saturated carbocycles. The number of carbonyl (C=O) groups is 3.